The van der Waals surface area contributed by atoms with Crippen LogP contribution in [0.25, 0.3) is 11.1 Å². The predicted octanol–water partition coefficient (Wildman–Crippen LogP) is 3.41. The van der Waals surface area contributed by atoms with Crippen molar-refractivity contribution in [2.75, 3.05) is 0 Å². The van der Waals surface area contributed by atoms with E-state index in [4.69, 9.17) is 16.9 Å². The monoisotopic (exact) mass is 232 g/mol. The number of nitrogens with zero attached hydrogens (tertiary/aromatic N) is 2. The molecule has 0 aliphatic rings. The van der Waals surface area contributed by atoms with Crippen molar-refractivity contribution in [2.24, 2.45) is 0 Å². The van der Waals surface area contributed by atoms with Gasteiger partial charge in [0.25, 0.3) is 0 Å². The third-order valence-corrected chi connectivity index (χ3v) is 2.35. The van der Waals surface area contributed by atoms with Gasteiger partial charge in [0, 0.05) is 22.3 Å². The number of hydrogen-bond donors (Lipinski definition) is 0. The molecule has 2 aromatic rings. The van der Waals surface area contributed by atoms with Gasteiger partial charge in [0.15, 0.2) is 0 Å². The number of pyridine rings is 1. The highest BCUT2D eigenvalue weighted by Crippen LogP contribution is 2.25. The highest BCUT2D eigenvalue weighted by atomic mass is 35.5. The average molecular weight is 233 g/mol. The molecule has 0 atom stereocenters. The minimum absolute atomic E-state index is 0.403. The van der Waals surface area contributed by atoms with Crippen LogP contribution in [0.1, 0.15) is 5.56 Å². The van der Waals surface area contributed by atoms with Crippen molar-refractivity contribution in [1.29, 1.82) is 5.26 Å². The van der Waals surface area contributed by atoms with E-state index in [1.54, 1.807) is 18.2 Å². The number of nitriles is 1. The highest BCUT2D eigenvalue weighted by molar-refractivity contribution is 6.30. The molecule has 0 saturated heterocycles. The Kier molecular flexibility index (Phi) is 2.84. The highest BCUT2D eigenvalue weighted by Gasteiger charge is 2.06. The van der Waals surface area contributed by atoms with Crippen LogP contribution in [-0.2, 0) is 0 Å². The molecular weight excluding hydrogens is 227 g/mol. The number of hydrogen-bond acceptors (Lipinski definition) is 2. The molecule has 0 radical (unpaired) electrons. The van der Waals surface area contributed by atoms with E-state index < -0.39 is 5.82 Å². The molecule has 0 N–H and O–H groups in total. The van der Waals surface area contributed by atoms with Crippen molar-refractivity contribution in [2.45, 2.75) is 0 Å². The molecule has 4 heteroatoms. The fraction of sp³-hybridized carbons (Fsp3) is 0. The summed E-state index contributed by atoms with van der Waals surface area (Å²) in [4.78, 5) is 3.74. The van der Waals surface area contributed by atoms with Gasteiger partial charge in [0.1, 0.15) is 5.82 Å². The molecule has 78 valence electrons. The van der Waals surface area contributed by atoms with Crippen molar-refractivity contribution in [3.8, 4) is 17.2 Å². The standard InChI is InChI=1S/C12H6ClFN2/c13-10-1-2-12(8(3-10)5-15)9-4-11(14)7-16-6-9/h1-4,6-7H. The molecule has 2 rings (SSSR count). The first-order chi connectivity index (χ1) is 7.70. The molecule has 0 spiro atoms. The van der Waals surface area contributed by atoms with Crippen molar-refractivity contribution < 1.29 is 4.39 Å². The van der Waals surface area contributed by atoms with E-state index in [9.17, 15) is 4.39 Å². The van der Waals surface area contributed by atoms with E-state index in [0.717, 1.165) is 6.20 Å². The Balaban J connectivity index is 2.61. The minimum atomic E-state index is -0.434. The van der Waals surface area contributed by atoms with Crippen LogP contribution in [0.3, 0.4) is 0 Å². The Morgan fingerprint density at radius 2 is 2.06 bits per heavy atom. The van der Waals surface area contributed by atoms with Gasteiger partial charge in [-0.3, -0.25) is 4.98 Å². The van der Waals surface area contributed by atoms with Crippen LogP contribution in [0.15, 0.2) is 36.7 Å². The first-order valence-corrected chi connectivity index (χ1v) is 4.89. The Labute approximate surface area is 96.9 Å². The maximum atomic E-state index is 13.0. The first-order valence-electron chi connectivity index (χ1n) is 4.51. The fourth-order valence-corrected chi connectivity index (χ4v) is 1.59. The van der Waals surface area contributed by atoms with Crippen LogP contribution in [0.2, 0.25) is 5.02 Å². The molecule has 0 aliphatic carbocycles. The zero-order valence-corrected chi connectivity index (χ0v) is 8.87. The average Bonchev–Trinajstić information content (AvgIpc) is 2.28. The molecule has 0 aliphatic heterocycles. The molecule has 16 heavy (non-hydrogen) atoms. The summed E-state index contributed by atoms with van der Waals surface area (Å²) in [5, 5.41) is 9.43. The third-order valence-electron chi connectivity index (χ3n) is 2.12. The summed E-state index contributed by atoms with van der Waals surface area (Å²) in [6.07, 6.45) is 2.62. The van der Waals surface area contributed by atoms with Crippen LogP contribution in [-0.4, -0.2) is 4.98 Å². The lowest BCUT2D eigenvalue weighted by molar-refractivity contribution is 0.622. The van der Waals surface area contributed by atoms with Gasteiger partial charge in [-0.1, -0.05) is 17.7 Å². The van der Waals surface area contributed by atoms with E-state index in [1.807, 2.05) is 6.07 Å². The molecule has 0 unspecified atom stereocenters. The molecule has 1 aromatic heterocycles. The Bertz CT molecular complexity index is 575. The summed E-state index contributed by atoms with van der Waals surface area (Å²) in [7, 11) is 0. The maximum Gasteiger partial charge on any atom is 0.142 e. The molecule has 0 bridgehead atoms. The summed E-state index contributed by atoms with van der Waals surface area (Å²) >= 11 is 5.77. The van der Waals surface area contributed by atoms with Gasteiger partial charge in [-0.05, 0) is 18.2 Å². The van der Waals surface area contributed by atoms with E-state index in [1.165, 1.54) is 12.3 Å². The predicted molar refractivity (Wildman–Crippen MR) is 59.4 cm³/mol. The lowest BCUT2D eigenvalue weighted by atomic mass is 10.0. The second-order valence-corrected chi connectivity index (χ2v) is 3.63. The van der Waals surface area contributed by atoms with E-state index in [2.05, 4.69) is 4.98 Å². The van der Waals surface area contributed by atoms with Gasteiger partial charge in [0.05, 0.1) is 17.8 Å². The third kappa shape index (κ3) is 2.02. The van der Waals surface area contributed by atoms with Crippen LogP contribution in [0.4, 0.5) is 4.39 Å². The molecule has 0 fully saturated rings. The molecule has 0 saturated carbocycles. The molecule has 1 aromatic carbocycles. The smallest absolute Gasteiger partial charge is 0.142 e. The largest absolute Gasteiger partial charge is 0.261 e. The van der Waals surface area contributed by atoms with Crippen LogP contribution in [0, 0.1) is 17.1 Å². The second-order valence-electron chi connectivity index (χ2n) is 3.19. The van der Waals surface area contributed by atoms with Gasteiger partial charge in [-0.15, -0.1) is 0 Å². The van der Waals surface area contributed by atoms with Gasteiger partial charge in [0.2, 0.25) is 0 Å². The second kappa shape index (κ2) is 4.30. The summed E-state index contributed by atoms with van der Waals surface area (Å²) in [5.41, 5.74) is 1.59. The number of benzene rings is 1. The zero-order chi connectivity index (χ0) is 11.5. The normalized spacial score (nSPS) is 9.81. The molecule has 2 nitrogen and oxygen atoms in total. The Morgan fingerprint density at radius 1 is 1.25 bits per heavy atom. The van der Waals surface area contributed by atoms with Gasteiger partial charge < -0.3 is 0 Å². The van der Waals surface area contributed by atoms with Crippen molar-refractivity contribution >= 4 is 11.6 Å². The first kappa shape index (κ1) is 10.6. The van der Waals surface area contributed by atoms with E-state index in [0.29, 0.717) is 21.7 Å². The molecule has 0 amide bonds. The van der Waals surface area contributed by atoms with Gasteiger partial charge in [-0.2, -0.15) is 5.26 Å². The van der Waals surface area contributed by atoms with Crippen LogP contribution in [0.5, 0.6) is 0 Å². The van der Waals surface area contributed by atoms with Gasteiger partial charge in [-0.25, -0.2) is 4.39 Å². The SMILES string of the molecule is N#Cc1cc(Cl)ccc1-c1cncc(F)c1. The van der Waals surface area contributed by atoms with Crippen molar-refractivity contribution in [3.63, 3.8) is 0 Å². The van der Waals surface area contributed by atoms with Crippen molar-refractivity contribution in [1.82, 2.24) is 4.98 Å². The summed E-state index contributed by atoms with van der Waals surface area (Å²) in [6.45, 7) is 0. The van der Waals surface area contributed by atoms with Gasteiger partial charge >= 0.3 is 0 Å². The zero-order valence-electron chi connectivity index (χ0n) is 8.11. The summed E-state index contributed by atoms with van der Waals surface area (Å²) < 4.78 is 13.0. The summed E-state index contributed by atoms with van der Waals surface area (Å²) in [6, 6.07) is 8.23. The fourth-order valence-electron chi connectivity index (χ4n) is 1.42. The molecular formula is C12H6ClFN2. The van der Waals surface area contributed by atoms with Crippen molar-refractivity contribution in [3.05, 3.63) is 53.1 Å². The van der Waals surface area contributed by atoms with E-state index >= 15 is 0 Å². The van der Waals surface area contributed by atoms with Crippen LogP contribution < -0.4 is 0 Å². The maximum absolute atomic E-state index is 13.0. The number of rotatable bonds is 1. The topological polar surface area (TPSA) is 36.7 Å². The lowest BCUT2D eigenvalue weighted by Gasteiger charge is -2.04. The van der Waals surface area contributed by atoms with E-state index in [-0.39, 0.29) is 0 Å². The Morgan fingerprint density at radius 3 is 2.75 bits per heavy atom. The quantitative estimate of drug-likeness (QED) is 0.756. The number of aromatic nitrogens is 1. The van der Waals surface area contributed by atoms with Crippen LogP contribution >= 0.6 is 11.6 Å². The Hall–Kier alpha value is -1.92. The molecule has 1 heterocycles. The minimum Gasteiger partial charge on any atom is -0.261 e. The number of halogens is 2. The summed E-state index contributed by atoms with van der Waals surface area (Å²) in [5.74, 6) is -0.434. The lowest BCUT2D eigenvalue weighted by Crippen LogP contribution is -1.87.